The first-order valence-corrected chi connectivity index (χ1v) is 4.69. The number of hydrogen-bond donors (Lipinski definition) is 1. The lowest BCUT2D eigenvalue weighted by Gasteiger charge is -2.10. The van der Waals surface area contributed by atoms with Gasteiger partial charge in [0.1, 0.15) is 0 Å². The fraction of sp³-hybridized carbons (Fsp3) is 1.00. The number of rotatable bonds is 3. The van der Waals surface area contributed by atoms with Gasteiger partial charge in [-0.15, -0.1) is 0 Å². The molecule has 1 atom stereocenters. The second kappa shape index (κ2) is 9.49. The van der Waals surface area contributed by atoms with Crippen LogP contribution in [0.3, 0.4) is 0 Å². The molecule has 1 heterocycles. The average Bonchev–Trinajstić information content (AvgIpc) is 2.77. The highest BCUT2D eigenvalue weighted by Gasteiger charge is 2.13. The predicted octanol–water partition coefficient (Wildman–Crippen LogP) is -2.66. The molecule has 76 valence electrons. The maximum absolute atomic E-state index is 4.71. The molecule has 1 N–H and O–H groups in total. The van der Waals surface area contributed by atoms with E-state index in [0.29, 0.717) is 6.10 Å². The van der Waals surface area contributed by atoms with Crippen LogP contribution in [0.4, 0.5) is 0 Å². The van der Waals surface area contributed by atoms with E-state index < -0.39 is 0 Å². The maximum Gasteiger partial charge on any atom is 0.0781 e. The van der Waals surface area contributed by atoms with E-state index in [1.54, 1.807) is 4.90 Å². The maximum atomic E-state index is 4.71. The number of hydrogen-bond acceptors (Lipinski definition) is 1. The molecule has 3 heteroatoms. The zero-order valence-electron chi connectivity index (χ0n) is 8.69. The number of quaternary nitrogens is 1. The fourth-order valence-corrected chi connectivity index (χ4v) is 0.846. The highest BCUT2D eigenvalue weighted by Crippen LogP contribution is 2.04. The lowest BCUT2D eigenvalue weighted by atomic mass is 10.5. The van der Waals surface area contributed by atoms with Crippen molar-refractivity contribution >= 4 is 0 Å². The summed E-state index contributed by atoms with van der Waals surface area (Å²) in [6.07, 6.45) is 0.583. The van der Waals surface area contributed by atoms with Crippen molar-refractivity contribution in [3.8, 4) is 0 Å². The quantitative estimate of drug-likeness (QED) is 0.533. The van der Waals surface area contributed by atoms with E-state index >= 15 is 0 Å². The number of halogens is 1. The van der Waals surface area contributed by atoms with Gasteiger partial charge in [-0.05, 0) is 27.7 Å². The lowest BCUT2D eigenvalue weighted by molar-refractivity contribution is -0.894. The Morgan fingerprint density at radius 3 is 1.42 bits per heavy atom. The Bertz CT molecular complexity index is 77.1. The van der Waals surface area contributed by atoms with Gasteiger partial charge in [0, 0.05) is 0 Å². The van der Waals surface area contributed by atoms with Gasteiger partial charge in [-0.2, -0.15) is 0 Å². The van der Waals surface area contributed by atoms with Crippen molar-refractivity contribution in [2.24, 2.45) is 0 Å². The third-order valence-electron chi connectivity index (χ3n) is 2.00. The van der Waals surface area contributed by atoms with Crippen molar-refractivity contribution in [3.05, 3.63) is 0 Å². The van der Waals surface area contributed by atoms with E-state index in [1.165, 1.54) is 19.6 Å². The standard InChI is InChI=1S/C6H15N.C3H6O.BrH/c1-4-7(5-2)6-3;1-3-2-4-3;/h4-6H2,1-3H3;3H,2H2,1H3;1H. The molecular weight excluding hydrogens is 218 g/mol. The molecule has 1 unspecified atom stereocenters. The second-order valence-electron chi connectivity index (χ2n) is 2.95. The van der Waals surface area contributed by atoms with Crippen LogP contribution in [0.1, 0.15) is 27.7 Å². The average molecular weight is 240 g/mol. The summed E-state index contributed by atoms with van der Waals surface area (Å²) in [4.78, 5) is 1.68. The largest absolute Gasteiger partial charge is 1.00 e. The van der Waals surface area contributed by atoms with Gasteiger partial charge in [-0.25, -0.2) is 0 Å². The van der Waals surface area contributed by atoms with Gasteiger partial charge < -0.3 is 26.6 Å². The first-order chi connectivity index (χ1) is 5.24. The monoisotopic (exact) mass is 239 g/mol. The smallest absolute Gasteiger partial charge is 0.0781 e. The Hall–Kier alpha value is 0.400. The molecule has 1 aliphatic heterocycles. The van der Waals surface area contributed by atoms with Crippen molar-refractivity contribution in [2.45, 2.75) is 33.8 Å². The topological polar surface area (TPSA) is 17.0 Å². The molecular formula is C9H22BrNO. The first-order valence-electron chi connectivity index (χ1n) is 4.69. The van der Waals surface area contributed by atoms with Gasteiger partial charge in [0.2, 0.25) is 0 Å². The van der Waals surface area contributed by atoms with Crippen molar-refractivity contribution in [2.75, 3.05) is 26.2 Å². The zero-order chi connectivity index (χ0) is 8.69. The van der Waals surface area contributed by atoms with Crippen LogP contribution in [0.25, 0.3) is 0 Å². The second-order valence-corrected chi connectivity index (χ2v) is 2.95. The van der Waals surface area contributed by atoms with Crippen molar-refractivity contribution < 1.29 is 26.6 Å². The Balaban J connectivity index is 0. The molecule has 0 aliphatic carbocycles. The SMILES string of the molecule is CC1CO1.CC[NH+](CC)CC.[Br-]. The van der Waals surface area contributed by atoms with Gasteiger partial charge in [-0.3, -0.25) is 0 Å². The molecule has 12 heavy (non-hydrogen) atoms. The zero-order valence-corrected chi connectivity index (χ0v) is 10.3. The normalized spacial score (nSPS) is 19.2. The summed E-state index contributed by atoms with van der Waals surface area (Å²) in [7, 11) is 0. The van der Waals surface area contributed by atoms with Gasteiger partial charge >= 0.3 is 0 Å². The minimum atomic E-state index is 0. The molecule has 0 saturated carbocycles. The Labute approximate surface area is 87.0 Å². The van der Waals surface area contributed by atoms with Crippen LogP contribution in [0, 0.1) is 0 Å². The van der Waals surface area contributed by atoms with E-state index in [4.69, 9.17) is 4.74 Å². The molecule has 0 bridgehead atoms. The molecule has 1 saturated heterocycles. The van der Waals surface area contributed by atoms with Crippen LogP contribution in [-0.4, -0.2) is 32.3 Å². The van der Waals surface area contributed by atoms with Crippen molar-refractivity contribution in [3.63, 3.8) is 0 Å². The van der Waals surface area contributed by atoms with Gasteiger partial charge in [0.25, 0.3) is 0 Å². The van der Waals surface area contributed by atoms with Crippen molar-refractivity contribution in [1.82, 2.24) is 0 Å². The summed E-state index contributed by atoms with van der Waals surface area (Å²) in [5.41, 5.74) is 0. The third-order valence-corrected chi connectivity index (χ3v) is 2.00. The molecule has 1 aliphatic rings. The van der Waals surface area contributed by atoms with E-state index in [-0.39, 0.29) is 17.0 Å². The van der Waals surface area contributed by atoms with Gasteiger partial charge in [-0.1, -0.05) is 0 Å². The molecule has 1 fully saturated rings. The van der Waals surface area contributed by atoms with Gasteiger partial charge in [0.05, 0.1) is 32.3 Å². The predicted molar refractivity (Wildman–Crippen MR) is 48.0 cm³/mol. The highest BCUT2D eigenvalue weighted by atomic mass is 79.9. The number of ether oxygens (including phenoxy) is 1. The van der Waals surface area contributed by atoms with E-state index in [0.717, 1.165) is 6.61 Å². The molecule has 0 spiro atoms. The highest BCUT2D eigenvalue weighted by molar-refractivity contribution is 4.58. The summed E-state index contributed by atoms with van der Waals surface area (Å²) in [6.45, 7) is 13.5. The number of epoxide rings is 1. The summed E-state index contributed by atoms with van der Waals surface area (Å²) in [5.74, 6) is 0. The van der Waals surface area contributed by atoms with E-state index in [9.17, 15) is 0 Å². The summed E-state index contributed by atoms with van der Waals surface area (Å²) >= 11 is 0. The van der Waals surface area contributed by atoms with Crippen LogP contribution in [0.15, 0.2) is 0 Å². The molecule has 0 aromatic heterocycles. The van der Waals surface area contributed by atoms with Crippen molar-refractivity contribution in [1.29, 1.82) is 0 Å². The summed E-state index contributed by atoms with van der Waals surface area (Å²) < 4.78 is 4.71. The summed E-state index contributed by atoms with van der Waals surface area (Å²) in [5, 5.41) is 0. The minimum absolute atomic E-state index is 0. The first kappa shape index (κ1) is 14.9. The molecule has 0 aromatic carbocycles. The van der Waals surface area contributed by atoms with Crippen LogP contribution in [0.5, 0.6) is 0 Å². The van der Waals surface area contributed by atoms with Crippen LogP contribution < -0.4 is 21.9 Å². The lowest BCUT2D eigenvalue weighted by Crippen LogP contribution is -3.11. The van der Waals surface area contributed by atoms with Crippen LogP contribution >= 0.6 is 0 Å². The molecule has 0 radical (unpaired) electrons. The molecule has 0 amide bonds. The van der Waals surface area contributed by atoms with Crippen LogP contribution in [0.2, 0.25) is 0 Å². The van der Waals surface area contributed by atoms with Crippen LogP contribution in [-0.2, 0) is 4.74 Å². The Morgan fingerprint density at radius 2 is 1.42 bits per heavy atom. The van der Waals surface area contributed by atoms with E-state index in [2.05, 4.69) is 27.7 Å². The van der Waals surface area contributed by atoms with E-state index in [1.807, 2.05) is 0 Å². The fourth-order valence-electron chi connectivity index (χ4n) is 0.846. The Morgan fingerprint density at radius 1 is 1.17 bits per heavy atom. The molecule has 2 nitrogen and oxygen atoms in total. The van der Waals surface area contributed by atoms with Gasteiger partial charge in [0.15, 0.2) is 0 Å². The third kappa shape index (κ3) is 10.4. The number of nitrogens with one attached hydrogen (secondary N) is 1. The molecule has 1 rings (SSSR count). The Kier molecular flexibility index (Phi) is 11.8. The minimum Gasteiger partial charge on any atom is -1.00 e. The summed E-state index contributed by atoms with van der Waals surface area (Å²) in [6, 6.07) is 0. The molecule has 0 aromatic rings.